The summed E-state index contributed by atoms with van der Waals surface area (Å²) in [6.45, 7) is 12.4. The highest BCUT2D eigenvalue weighted by Crippen LogP contribution is 2.49. The molecule has 4 aromatic carbocycles. The zero-order valence-corrected chi connectivity index (χ0v) is 46.2. The van der Waals surface area contributed by atoms with E-state index in [1.54, 1.807) is 27.8 Å². The third kappa shape index (κ3) is 18.7. The lowest BCUT2D eigenvalue weighted by Crippen LogP contribution is -2.33. The van der Waals surface area contributed by atoms with Crippen molar-refractivity contribution in [1.29, 1.82) is 0 Å². The molecule has 0 radical (unpaired) electrons. The Hall–Kier alpha value is -5.16. The van der Waals surface area contributed by atoms with E-state index in [9.17, 15) is 0 Å². The molecule has 0 fully saturated rings. The molecule has 5 aromatic rings. The fourth-order valence-corrected chi connectivity index (χ4v) is 10.8. The molecule has 414 valence electrons. The van der Waals surface area contributed by atoms with Gasteiger partial charge in [-0.15, -0.1) is 0 Å². The number of para-hydroxylation sites is 2. The van der Waals surface area contributed by atoms with Gasteiger partial charge in [-0.25, -0.2) is 5.01 Å². The van der Waals surface area contributed by atoms with E-state index in [0.717, 1.165) is 63.7 Å². The number of aliphatic imine (C=N–C) groups is 1. The summed E-state index contributed by atoms with van der Waals surface area (Å²) >= 11 is 0. The number of aryl methyl sites for hydroxylation is 2. The molecule has 8 rings (SSSR count). The van der Waals surface area contributed by atoms with E-state index in [0.29, 0.717) is 125 Å². The summed E-state index contributed by atoms with van der Waals surface area (Å²) in [5.41, 5.74) is 9.18. The van der Waals surface area contributed by atoms with E-state index in [1.807, 2.05) is 25.4 Å². The van der Waals surface area contributed by atoms with Gasteiger partial charge in [-0.05, 0) is 65.6 Å². The first kappa shape index (κ1) is 58.0. The highest BCUT2D eigenvalue weighted by atomic mass is 33.1. The molecule has 4 heterocycles. The van der Waals surface area contributed by atoms with Crippen LogP contribution in [0.15, 0.2) is 136 Å². The number of rotatable bonds is 36. The van der Waals surface area contributed by atoms with E-state index < -0.39 is 0 Å². The summed E-state index contributed by atoms with van der Waals surface area (Å²) in [4.78, 5) is 12.3. The van der Waals surface area contributed by atoms with Gasteiger partial charge in [0.15, 0.2) is 0 Å². The Morgan fingerprint density at radius 3 is 2.05 bits per heavy atom. The maximum absolute atomic E-state index is 6.18. The maximum atomic E-state index is 6.18. The predicted octanol–water partition coefficient (Wildman–Crippen LogP) is 9.79. The van der Waals surface area contributed by atoms with Crippen molar-refractivity contribution in [3.05, 3.63) is 143 Å². The molecule has 0 aliphatic carbocycles. The van der Waals surface area contributed by atoms with Crippen molar-refractivity contribution in [2.24, 2.45) is 27.5 Å². The number of benzene rings is 4. The highest BCUT2D eigenvalue weighted by Gasteiger charge is 2.40. The smallest absolute Gasteiger partial charge is 0.140 e. The predicted molar refractivity (Wildman–Crippen MR) is 307 cm³/mol. The van der Waals surface area contributed by atoms with Gasteiger partial charge < -0.3 is 56.9 Å². The monoisotopic (exact) mass is 1090 g/mol. The van der Waals surface area contributed by atoms with E-state index in [2.05, 4.69) is 129 Å². The number of hydrogen-bond donors (Lipinski definition) is 0. The molecular weight excluding hydrogens is 1020 g/mol. The lowest BCUT2D eigenvalue weighted by molar-refractivity contribution is -0.0868. The van der Waals surface area contributed by atoms with Gasteiger partial charge in [0.05, 0.1) is 124 Å². The van der Waals surface area contributed by atoms with Crippen LogP contribution in [0.25, 0.3) is 10.9 Å². The van der Waals surface area contributed by atoms with E-state index in [-0.39, 0.29) is 18.2 Å². The Morgan fingerprint density at radius 1 is 0.675 bits per heavy atom. The Bertz CT molecular complexity index is 2620. The van der Waals surface area contributed by atoms with E-state index in [4.69, 9.17) is 57.8 Å². The van der Waals surface area contributed by atoms with Crippen molar-refractivity contribution in [3.63, 3.8) is 0 Å². The SMILES string of the molecule is Cc1ccc(N2N=NC3c4ccccc4N(CCOCCOCCOC(COCCOCCOCCO/N=C/c4cn(C)c5ccccc45)COCCOCCOCCSSC4=NCCC=C4)Cc4ccccc4C32)cc1. The van der Waals surface area contributed by atoms with E-state index >= 15 is 0 Å². The van der Waals surface area contributed by atoms with Gasteiger partial charge >= 0.3 is 0 Å². The molecule has 0 saturated heterocycles. The van der Waals surface area contributed by atoms with Crippen LogP contribution in [0, 0.1) is 6.92 Å². The first-order valence-corrected chi connectivity index (χ1v) is 29.1. The molecule has 1 aromatic heterocycles. The minimum Gasteiger partial charge on any atom is -0.393 e. The number of anilines is 2. The van der Waals surface area contributed by atoms with Crippen LogP contribution in [0.3, 0.4) is 0 Å². The molecule has 0 N–H and O–H groups in total. The van der Waals surface area contributed by atoms with E-state index in [1.165, 1.54) is 16.7 Å². The Morgan fingerprint density at radius 2 is 1.31 bits per heavy atom. The van der Waals surface area contributed by atoms with Crippen molar-refractivity contribution in [2.45, 2.75) is 38.1 Å². The minimum atomic E-state index is -0.298. The van der Waals surface area contributed by atoms with Crippen molar-refractivity contribution in [2.75, 3.05) is 148 Å². The molecule has 77 heavy (non-hydrogen) atoms. The highest BCUT2D eigenvalue weighted by molar-refractivity contribution is 8.82. The summed E-state index contributed by atoms with van der Waals surface area (Å²) < 4.78 is 55.1. The molecule has 0 bridgehead atoms. The second-order valence-corrected chi connectivity index (χ2v) is 20.8. The molecule has 0 saturated carbocycles. The van der Waals surface area contributed by atoms with Crippen molar-refractivity contribution < 1.29 is 47.5 Å². The van der Waals surface area contributed by atoms with Gasteiger partial charge in [0, 0.05) is 66.3 Å². The molecule has 3 aliphatic heterocycles. The summed E-state index contributed by atoms with van der Waals surface area (Å²) in [6.07, 6.45) is 8.75. The minimum absolute atomic E-state index is 0.0476. The first-order valence-electron chi connectivity index (χ1n) is 26.7. The van der Waals surface area contributed by atoms with Crippen LogP contribution in [-0.4, -0.2) is 160 Å². The quantitative estimate of drug-likeness (QED) is 0.0162. The maximum Gasteiger partial charge on any atom is 0.140 e. The molecular formula is C58H75N7O10S2. The van der Waals surface area contributed by atoms with Gasteiger partial charge in [0.2, 0.25) is 0 Å². The number of oxime groups is 1. The third-order valence-corrected chi connectivity index (χ3v) is 15.1. The van der Waals surface area contributed by atoms with Crippen molar-refractivity contribution in [1.82, 2.24) is 4.57 Å². The molecule has 3 aliphatic rings. The van der Waals surface area contributed by atoms with Gasteiger partial charge in [-0.1, -0.05) is 106 Å². The van der Waals surface area contributed by atoms with Gasteiger partial charge in [-0.3, -0.25) is 4.99 Å². The number of nitrogens with zero attached hydrogens (tertiary/aromatic N) is 7. The third-order valence-electron chi connectivity index (χ3n) is 12.8. The molecule has 3 atom stereocenters. The normalized spacial score (nSPS) is 16.4. The van der Waals surface area contributed by atoms with Gasteiger partial charge in [0.1, 0.15) is 29.8 Å². The average Bonchev–Trinajstić information content (AvgIpc) is 4.14. The van der Waals surface area contributed by atoms with Crippen LogP contribution >= 0.6 is 21.6 Å². The number of hydrogen-bond acceptors (Lipinski definition) is 18. The van der Waals surface area contributed by atoms with Crippen molar-refractivity contribution in [3.8, 4) is 0 Å². The summed E-state index contributed by atoms with van der Waals surface area (Å²) in [7, 11) is 5.47. The average molecular weight is 1090 g/mol. The van der Waals surface area contributed by atoms with Crippen LogP contribution in [0.2, 0.25) is 0 Å². The molecule has 0 amide bonds. The summed E-state index contributed by atoms with van der Waals surface area (Å²) in [5, 5.41) is 18.1. The molecule has 19 heteroatoms. The lowest BCUT2D eigenvalue weighted by Gasteiger charge is -2.35. The van der Waals surface area contributed by atoms with Crippen molar-refractivity contribution >= 4 is 55.1 Å². The summed E-state index contributed by atoms with van der Waals surface area (Å²) in [6, 6.07) is 33.7. The first-order chi connectivity index (χ1) is 38.1. The Balaban J connectivity index is 0.695. The van der Waals surface area contributed by atoms with Crippen LogP contribution in [0.5, 0.6) is 0 Å². The largest absolute Gasteiger partial charge is 0.393 e. The van der Waals surface area contributed by atoms with Crippen LogP contribution in [0.4, 0.5) is 11.4 Å². The molecule has 3 unspecified atom stereocenters. The number of aromatic nitrogens is 1. The molecule has 17 nitrogen and oxygen atoms in total. The Labute approximate surface area is 461 Å². The zero-order chi connectivity index (χ0) is 53.0. The Kier molecular flexibility index (Phi) is 25.1. The number of fused-ring (bicyclic) bond motifs is 6. The zero-order valence-electron chi connectivity index (χ0n) is 44.6. The number of ether oxygens (including phenoxy) is 9. The summed E-state index contributed by atoms with van der Waals surface area (Å²) in [5.74, 6) is 0.890. The van der Waals surface area contributed by atoms with Crippen LogP contribution in [0.1, 0.15) is 46.3 Å². The fourth-order valence-electron chi connectivity index (χ4n) is 8.97. The fraction of sp³-hybridized carbons (Fsp3) is 0.483. The second-order valence-electron chi connectivity index (χ2n) is 18.4. The lowest BCUT2D eigenvalue weighted by atomic mass is 9.87. The van der Waals surface area contributed by atoms with Crippen LogP contribution in [-0.2, 0) is 61.1 Å². The topological polar surface area (TPSA) is 153 Å². The van der Waals surface area contributed by atoms with Gasteiger partial charge in [0.25, 0.3) is 0 Å². The number of dihydropyridines is 1. The van der Waals surface area contributed by atoms with Crippen LogP contribution < -0.4 is 9.91 Å². The second kappa shape index (κ2) is 33.3. The standard InChI is InChI=1S/C58H75N7O10S2/c1-46-18-20-49(21-19-46)65-58-52-13-4-3-11-47(52)43-64(55-16-8-6-14-53(55)57(58)61-62-65)23-24-66-25-26-69-35-37-74-50(45-73-34-32-68-29-30-71-39-40-76-77-56-17-9-10-22-59-56)44-72-33-31-67-27-28-70-36-38-75-60-41-48-42-63(2)54-15-7-5-12-51(48)54/h3-9,11-21,41-42,50,57-58H,10,22-40,43-45H2,1-2H3/b60-41+. The molecule has 0 spiro atoms. The van der Waals surface area contributed by atoms with Gasteiger partial charge in [-0.2, -0.15) is 5.11 Å².